The van der Waals surface area contributed by atoms with Crippen molar-refractivity contribution in [2.45, 2.75) is 31.8 Å². The second-order valence-electron chi connectivity index (χ2n) is 6.57. The van der Waals surface area contributed by atoms with Crippen LogP contribution in [0.5, 0.6) is 0 Å². The maximum atomic E-state index is 13.3. The molecule has 1 unspecified atom stereocenters. The quantitative estimate of drug-likeness (QED) is 0.819. The summed E-state index contributed by atoms with van der Waals surface area (Å²) in [7, 11) is 0. The van der Waals surface area contributed by atoms with Crippen LogP contribution in [0.4, 0.5) is 13.2 Å². The molecule has 138 valence electrons. The van der Waals surface area contributed by atoms with Crippen LogP contribution in [0, 0.1) is 17.5 Å². The molecule has 0 radical (unpaired) electrons. The lowest BCUT2D eigenvalue weighted by Crippen LogP contribution is -2.46. The summed E-state index contributed by atoms with van der Waals surface area (Å²) in [6.07, 6.45) is 3.12. The van der Waals surface area contributed by atoms with Gasteiger partial charge in [-0.15, -0.1) is 0 Å². The molecule has 1 amide bonds. The van der Waals surface area contributed by atoms with Gasteiger partial charge >= 0.3 is 0 Å². The van der Waals surface area contributed by atoms with Crippen molar-refractivity contribution in [3.63, 3.8) is 0 Å². The zero-order valence-corrected chi connectivity index (χ0v) is 14.4. The van der Waals surface area contributed by atoms with Crippen molar-refractivity contribution < 1.29 is 18.0 Å². The van der Waals surface area contributed by atoms with E-state index in [4.69, 9.17) is 0 Å². The Hall–Kier alpha value is -2.34. The average molecular weight is 362 g/mol. The average Bonchev–Trinajstić information content (AvgIpc) is 2.65. The molecule has 1 atom stereocenters. The summed E-state index contributed by atoms with van der Waals surface area (Å²) in [4.78, 5) is 14.5. The third kappa shape index (κ3) is 4.43. The van der Waals surface area contributed by atoms with Gasteiger partial charge in [-0.25, -0.2) is 13.2 Å². The van der Waals surface area contributed by atoms with Crippen molar-refractivity contribution in [3.05, 3.63) is 71.0 Å². The first-order valence-electron chi connectivity index (χ1n) is 8.75. The highest BCUT2D eigenvalue weighted by Gasteiger charge is 2.23. The summed E-state index contributed by atoms with van der Waals surface area (Å²) in [5.74, 6) is -4.90. The van der Waals surface area contributed by atoms with Crippen molar-refractivity contribution in [1.82, 2.24) is 10.2 Å². The smallest absolute Gasteiger partial charge is 0.251 e. The van der Waals surface area contributed by atoms with E-state index in [0.29, 0.717) is 6.54 Å². The molecular formula is C20H21F3N2O. The molecule has 1 aliphatic heterocycles. The molecule has 1 N–H and O–H groups in total. The van der Waals surface area contributed by atoms with Crippen LogP contribution >= 0.6 is 0 Å². The summed E-state index contributed by atoms with van der Waals surface area (Å²) >= 11 is 0. The highest BCUT2D eigenvalue weighted by atomic mass is 19.2. The van der Waals surface area contributed by atoms with Crippen LogP contribution in [0.25, 0.3) is 0 Å². The van der Waals surface area contributed by atoms with Crippen LogP contribution in [-0.4, -0.2) is 29.9 Å². The van der Waals surface area contributed by atoms with Gasteiger partial charge in [-0.3, -0.25) is 9.69 Å². The van der Waals surface area contributed by atoms with Gasteiger partial charge in [0.15, 0.2) is 17.5 Å². The lowest BCUT2D eigenvalue weighted by Gasteiger charge is -2.35. The number of hydrogen-bond acceptors (Lipinski definition) is 2. The molecule has 2 aromatic carbocycles. The minimum Gasteiger partial charge on any atom is -0.350 e. The molecule has 0 aromatic heterocycles. The molecule has 1 fully saturated rings. The number of amides is 1. The lowest BCUT2D eigenvalue weighted by atomic mass is 10.0. The molecule has 0 aliphatic carbocycles. The fraction of sp³-hybridized carbons (Fsp3) is 0.350. The molecule has 1 saturated heterocycles. The van der Waals surface area contributed by atoms with Gasteiger partial charge in [0, 0.05) is 24.7 Å². The maximum absolute atomic E-state index is 13.3. The van der Waals surface area contributed by atoms with Crippen molar-refractivity contribution in [2.75, 3.05) is 13.1 Å². The number of likely N-dealkylation sites (tertiary alicyclic amines) is 1. The number of halogens is 3. The maximum Gasteiger partial charge on any atom is 0.251 e. The van der Waals surface area contributed by atoms with E-state index < -0.39 is 23.4 Å². The minimum absolute atomic E-state index is 0.156. The Morgan fingerprint density at radius 3 is 2.46 bits per heavy atom. The number of carbonyl (C=O) groups is 1. The third-order valence-corrected chi connectivity index (χ3v) is 4.72. The molecular weight excluding hydrogens is 341 g/mol. The highest BCUT2D eigenvalue weighted by Crippen LogP contribution is 2.19. The molecule has 1 heterocycles. The number of rotatable bonds is 5. The van der Waals surface area contributed by atoms with E-state index in [1.165, 1.54) is 5.56 Å². The summed E-state index contributed by atoms with van der Waals surface area (Å²) in [6.45, 7) is 2.11. The standard InChI is InChI=1S/C20H21F3N2O/c21-17-10-15(11-18(22)19(17)23)20(26)24-12-16-8-4-5-9-25(16)13-14-6-2-1-3-7-14/h1-3,6-7,10-11,16H,4-5,8-9,12-13H2,(H,24,26). The van der Waals surface area contributed by atoms with Gasteiger partial charge in [-0.05, 0) is 37.1 Å². The fourth-order valence-electron chi connectivity index (χ4n) is 3.32. The summed E-state index contributed by atoms with van der Waals surface area (Å²) < 4.78 is 39.6. The topological polar surface area (TPSA) is 32.3 Å². The van der Waals surface area contributed by atoms with Gasteiger partial charge < -0.3 is 5.32 Å². The predicted octanol–water partition coefficient (Wildman–Crippen LogP) is 3.89. The van der Waals surface area contributed by atoms with Gasteiger partial charge in [0.1, 0.15) is 0 Å². The van der Waals surface area contributed by atoms with Crippen LogP contribution in [-0.2, 0) is 6.54 Å². The van der Waals surface area contributed by atoms with Crippen molar-refractivity contribution in [2.24, 2.45) is 0 Å². The molecule has 1 aliphatic rings. The van der Waals surface area contributed by atoms with Crippen LogP contribution in [0.2, 0.25) is 0 Å². The first-order chi connectivity index (χ1) is 12.5. The Morgan fingerprint density at radius 1 is 1.08 bits per heavy atom. The normalized spacial score (nSPS) is 17.9. The molecule has 2 aromatic rings. The summed E-state index contributed by atoms with van der Waals surface area (Å²) in [5.41, 5.74) is 0.986. The van der Waals surface area contributed by atoms with Crippen LogP contribution in [0.1, 0.15) is 35.2 Å². The molecule has 0 spiro atoms. The SMILES string of the molecule is O=C(NCC1CCCCN1Cc1ccccc1)c1cc(F)c(F)c(F)c1. The van der Waals surface area contributed by atoms with Crippen molar-refractivity contribution >= 4 is 5.91 Å². The summed E-state index contributed by atoms with van der Waals surface area (Å²) in [5, 5.41) is 2.72. The Labute approximate surface area is 150 Å². The first-order valence-corrected chi connectivity index (χ1v) is 8.75. The highest BCUT2D eigenvalue weighted by molar-refractivity contribution is 5.94. The number of hydrogen-bond donors (Lipinski definition) is 1. The van der Waals surface area contributed by atoms with Gasteiger partial charge in [0.2, 0.25) is 0 Å². The lowest BCUT2D eigenvalue weighted by molar-refractivity contribution is 0.0906. The second-order valence-corrected chi connectivity index (χ2v) is 6.57. The van der Waals surface area contributed by atoms with Crippen LogP contribution in [0.15, 0.2) is 42.5 Å². The van der Waals surface area contributed by atoms with E-state index in [1.54, 1.807) is 0 Å². The first kappa shape index (κ1) is 18.5. The Balaban J connectivity index is 1.62. The largest absolute Gasteiger partial charge is 0.350 e. The van der Waals surface area contributed by atoms with Gasteiger partial charge in [-0.1, -0.05) is 36.8 Å². The van der Waals surface area contributed by atoms with Gasteiger partial charge in [-0.2, -0.15) is 0 Å². The van der Waals surface area contributed by atoms with Gasteiger partial charge in [0.25, 0.3) is 5.91 Å². The molecule has 3 rings (SSSR count). The monoisotopic (exact) mass is 362 g/mol. The summed E-state index contributed by atoms with van der Waals surface area (Å²) in [6, 6.07) is 11.7. The van der Waals surface area contributed by atoms with Gasteiger partial charge in [0.05, 0.1) is 0 Å². The van der Waals surface area contributed by atoms with Crippen LogP contribution in [0.3, 0.4) is 0 Å². The van der Waals surface area contributed by atoms with E-state index in [-0.39, 0.29) is 11.6 Å². The number of benzene rings is 2. The fourth-order valence-corrected chi connectivity index (χ4v) is 3.32. The Morgan fingerprint density at radius 2 is 1.77 bits per heavy atom. The molecule has 0 bridgehead atoms. The van der Waals surface area contributed by atoms with E-state index in [0.717, 1.165) is 44.5 Å². The minimum atomic E-state index is -1.57. The van der Waals surface area contributed by atoms with E-state index in [9.17, 15) is 18.0 Å². The molecule has 3 nitrogen and oxygen atoms in total. The number of nitrogens with one attached hydrogen (secondary N) is 1. The second kappa shape index (κ2) is 8.36. The zero-order chi connectivity index (χ0) is 18.5. The zero-order valence-electron chi connectivity index (χ0n) is 14.4. The van der Waals surface area contributed by atoms with E-state index in [1.807, 2.05) is 18.2 Å². The number of carbonyl (C=O) groups excluding carboxylic acids is 1. The van der Waals surface area contributed by atoms with E-state index >= 15 is 0 Å². The van der Waals surface area contributed by atoms with Crippen molar-refractivity contribution in [1.29, 1.82) is 0 Å². The van der Waals surface area contributed by atoms with E-state index in [2.05, 4.69) is 22.3 Å². The van der Waals surface area contributed by atoms with Crippen LogP contribution < -0.4 is 5.32 Å². The Kier molecular flexibility index (Phi) is 5.93. The third-order valence-electron chi connectivity index (χ3n) is 4.72. The Bertz CT molecular complexity index is 744. The molecule has 6 heteroatoms. The number of nitrogens with zero attached hydrogens (tertiary/aromatic N) is 1. The van der Waals surface area contributed by atoms with Crippen molar-refractivity contribution in [3.8, 4) is 0 Å². The predicted molar refractivity (Wildman–Crippen MR) is 93.1 cm³/mol. The molecule has 0 saturated carbocycles. The molecule has 26 heavy (non-hydrogen) atoms. The number of piperidine rings is 1.